The number of benzene rings is 1. The maximum atomic E-state index is 5.97. The summed E-state index contributed by atoms with van der Waals surface area (Å²) < 4.78 is 7.25. The number of anilines is 1. The molecule has 0 aliphatic heterocycles. The van der Waals surface area contributed by atoms with Crippen molar-refractivity contribution in [1.29, 1.82) is 0 Å². The van der Waals surface area contributed by atoms with Crippen molar-refractivity contribution in [1.82, 2.24) is 4.57 Å². The predicted molar refractivity (Wildman–Crippen MR) is 58.6 cm³/mol. The number of aromatic nitrogens is 1. The number of aryl methyl sites for hydroxylation is 1. The van der Waals surface area contributed by atoms with Gasteiger partial charge in [0.2, 0.25) is 0 Å². The molecule has 2 N–H and O–H groups in total. The van der Waals surface area contributed by atoms with Gasteiger partial charge in [0.15, 0.2) is 0 Å². The summed E-state index contributed by atoms with van der Waals surface area (Å²) >= 11 is 0. The molecule has 0 aliphatic carbocycles. The second-order valence-electron chi connectivity index (χ2n) is 3.44. The molecule has 1 heterocycles. The van der Waals surface area contributed by atoms with E-state index in [1.54, 1.807) is 7.11 Å². The van der Waals surface area contributed by atoms with Gasteiger partial charge in [0, 0.05) is 24.2 Å². The molecule has 0 fully saturated rings. The summed E-state index contributed by atoms with van der Waals surface area (Å²) in [4.78, 5) is 0. The van der Waals surface area contributed by atoms with E-state index >= 15 is 0 Å². The molecule has 0 amide bonds. The number of methoxy groups -OCH3 is 1. The van der Waals surface area contributed by atoms with Crippen LogP contribution in [0.5, 0.6) is 5.75 Å². The lowest BCUT2D eigenvalue weighted by Crippen LogP contribution is -1.92. The number of hydrogen-bond donors (Lipinski definition) is 1. The topological polar surface area (TPSA) is 40.2 Å². The Labute approximate surface area is 83.1 Å². The average Bonchev–Trinajstić information content (AvgIpc) is 2.44. The van der Waals surface area contributed by atoms with Crippen LogP contribution in [0.4, 0.5) is 5.69 Å². The molecule has 0 atom stereocenters. The molecule has 14 heavy (non-hydrogen) atoms. The summed E-state index contributed by atoms with van der Waals surface area (Å²) in [5, 5.41) is 1.09. The SMILES string of the molecule is COc1ccc2c(N)c(C)n(C)c2c1. The van der Waals surface area contributed by atoms with Gasteiger partial charge in [-0.05, 0) is 19.1 Å². The molecule has 0 radical (unpaired) electrons. The molecule has 3 heteroatoms. The van der Waals surface area contributed by atoms with Gasteiger partial charge < -0.3 is 15.0 Å². The lowest BCUT2D eigenvalue weighted by atomic mass is 10.2. The maximum Gasteiger partial charge on any atom is 0.120 e. The molecular weight excluding hydrogens is 176 g/mol. The number of nitrogens with zero attached hydrogens (tertiary/aromatic N) is 1. The zero-order valence-corrected chi connectivity index (χ0v) is 8.66. The second kappa shape index (κ2) is 2.94. The highest BCUT2D eigenvalue weighted by atomic mass is 16.5. The summed E-state index contributed by atoms with van der Waals surface area (Å²) in [7, 11) is 3.67. The molecule has 0 aliphatic rings. The molecule has 2 aromatic rings. The highest BCUT2D eigenvalue weighted by Gasteiger charge is 2.08. The molecule has 1 aromatic heterocycles. The van der Waals surface area contributed by atoms with E-state index in [2.05, 4.69) is 4.57 Å². The molecule has 74 valence electrons. The van der Waals surface area contributed by atoms with Crippen molar-refractivity contribution in [3.8, 4) is 5.75 Å². The highest BCUT2D eigenvalue weighted by Crippen LogP contribution is 2.29. The summed E-state index contributed by atoms with van der Waals surface area (Å²) in [6, 6.07) is 5.92. The summed E-state index contributed by atoms with van der Waals surface area (Å²) in [5.41, 5.74) is 9.02. The van der Waals surface area contributed by atoms with Crippen molar-refractivity contribution in [3.05, 3.63) is 23.9 Å². The predicted octanol–water partition coefficient (Wildman–Crippen LogP) is 2.08. The molecule has 3 nitrogen and oxygen atoms in total. The van der Waals surface area contributed by atoms with Crippen LogP contribution in [-0.4, -0.2) is 11.7 Å². The first kappa shape index (κ1) is 8.94. The van der Waals surface area contributed by atoms with Gasteiger partial charge in [-0.1, -0.05) is 0 Å². The van der Waals surface area contributed by atoms with Gasteiger partial charge >= 0.3 is 0 Å². The normalized spacial score (nSPS) is 10.8. The van der Waals surface area contributed by atoms with Crippen LogP contribution in [0, 0.1) is 6.92 Å². The van der Waals surface area contributed by atoms with E-state index in [4.69, 9.17) is 10.5 Å². The van der Waals surface area contributed by atoms with E-state index in [9.17, 15) is 0 Å². The van der Waals surface area contributed by atoms with Crippen molar-refractivity contribution >= 4 is 16.6 Å². The minimum atomic E-state index is 0.852. The minimum absolute atomic E-state index is 0.852. The number of rotatable bonds is 1. The third-order valence-corrected chi connectivity index (χ3v) is 2.75. The lowest BCUT2D eigenvalue weighted by molar-refractivity contribution is 0.415. The zero-order valence-electron chi connectivity index (χ0n) is 8.66. The van der Waals surface area contributed by atoms with Gasteiger partial charge in [0.1, 0.15) is 5.75 Å². The Morgan fingerprint density at radius 3 is 2.71 bits per heavy atom. The molecule has 0 unspecified atom stereocenters. The van der Waals surface area contributed by atoms with Crippen molar-refractivity contribution in [2.75, 3.05) is 12.8 Å². The Morgan fingerprint density at radius 1 is 1.36 bits per heavy atom. The summed E-state index contributed by atoms with van der Waals surface area (Å²) in [6.07, 6.45) is 0. The Morgan fingerprint density at radius 2 is 2.07 bits per heavy atom. The second-order valence-corrected chi connectivity index (χ2v) is 3.44. The first-order chi connectivity index (χ1) is 6.65. The minimum Gasteiger partial charge on any atom is -0.497 e. The standard InChI is InChI=1S/C11H14N2O/c1-7-11(12)9-5-4-8(14-3)6-10(9)13(7)2/h4-6H,12H2,1-3H3. The van der Waals surface area contributed by atoms with Crippen LogP contribution in [0.25, 0.3) is 10.9 Å². The van der Waals surface area contributed by atoms with Crippen molar-refractivity contribution in [3.63, 3.8) is 0 Å². The molecular formula is C11H14N2O. The Bertz CT molecular complexity index is 485. The third-order valence-electron chi connectivity index (χ3n) is 2.75. The first-order valence-corrected chi connectivity index (χ1v) is 4.53. The van der Waals surface area contributed by atoms with Crippen LogP contribution < -0.4 is 10.5 Å². The van der Waals surface area contributed by atoms with Gasteiger partial charge in [-0.15, -0.1) is 0 Å². The number of hydrogen-bond acceptors (Lipinski definition) is 2. The summed E-state index contributed by atoms with van der Waals surface area (Å²) in [6.45, 7) is 2.02. The molecule has 1 aromatic carbocycles. The van der Waals surface area contributed by atoms with E-state index in [0.29, 0.717) is 0 Å². The van der Waals surface area contributed by atoms with Crippen LogP contribution in [0.2, 0.25) is 0 Å². The fourth-order valence-corrected chi connectivity index (χ4v) is 1.70. The van der Waals surface area contributed by atoms with E-state index in [-0.39, 0.29) is 0 Å². The van der Waals surface area contributed by atoms with Gasteiger partial charge in [-0.25, -0.2) is 0 Å². The van der Waals surface area contributed by atoms with Crippen LogP contribution >= 0.6 is 0 Å². The van der Waals surface area contributed by atoms with E-state index < -0.39 is 0 Å². The number of nitrogen functional groups attached to an aromatic ring is 1. The van der Waals surface area contributed by atoms with Gasteiger partial charge in [-0.3, -0.25) is 0 Å². The zero-order chi connectivity index (χ0) is 10.3. The van der Waals surface area contributed by atoms with E-state index in [0.717, 1.165) is 28.0 Å². The molecule has 0 spiro atoms. The van der Waals surface area contributed by atoms with Crippen LogP contribution in [0.3, 0.4) is 0 Å². The quantitative estimate of drug-likeness (QED) is 0.747. The van der Waals surface area contributed by atoms with E-state index in [1.807, 2.05) is 32.2 Å². The molecule has 0 saturated carbocycles. The van der Waals surface area contributed by atoms with Gasteiger partial charge in [0.05, 0.1) is 18.3 Å². The average molecular weight is 190 g/mol. The van der Waals surface area contributed by atoms with Crippen LogP contribution in [0.15, 0.2) is 18.2 Å². The van der Waals surface area contributed by atoms with Crippen LogP contribution in [-0.2, 0) is 7.05 Å². The van der Waals surface area contributed by atoms with Gasteiger partial charge in [-0.2, -0.15) is 0 Å². The van der Waals surface area contributed by atoms with Crippen LogP contribution in [0.1, 0.15) is 5.69 Å². The fourth-order valence-electron chi connectivity index (χ4n) is 1.70. The Hall–Kier alpha value is -1.64. The highest BCUT2D eigenvalue weighted by molar-refractivity contribution is 5.94. The fraction of sp³-hybridized carbons (Fsp3) is 0.273. The Kier molecular flexibility index (Phi) is 1.88. The maximum absolute atomic E-state index is 5.97. The third kappa shape index (κ3) is 1.05. The Balaban J connectivity index is 2.82. The van der Waals surface area contributed by atoms with Crippen molar-refractivity contribution in [2.45, 2.75) is 6.92 Å². The largest absolute Gasteiger partial charge is 0.497 e. The molecule has 2 rings (SSSR count). The smallest absolute Gasteiger partial charge is 0.120 e. The number of ether oxygens (including phenoxy) is 1. The van der Waals surface area contributed by atoms with E-state index in [1.165, 1.54) is 0 Å². The first-order valence-electron chi connectivity index (χ1n) is 4.53. The summed E-state index contributed by atoms with van der Waals surface area (Å²) in [5.74, 6) is 0.859. The lowest BCUT2D eigenvalue weighted by Gasteiger charge is -2.01. The van der Waals surface area contributed by atoms with Crippen molar-refractivity contribution < 1.29 is 4.74 Å². The van der Waals surface area contributed by atoms with Crippen molar-refractivity contribution in [2.24, 2.45) is 7.05 Å². The molecule has 0 saturated heterocycles. The van der Waals surface area contributed by atoms with Gasteiger partial charge in [0.25, 0.3) is 0 Å². The number of nitrogens with two attached hydrogens (primary N) is 1. The molecule has 0 bridgehead atoms. The number of fused-ring (bicyclic) bond motifs is 1. The monoisotopic (exact) mass is 190 g/mol.